The van der Waals surface area contributed by atoms with Gasteiger partial charge in [-0.1, -0.05) is 13.8 Å². The molecule has 1 unspecified atom stereocenters. The van der Waals surface area contributed by atoms with Crippen molar-refractivity contribution in [2.75, 3.05) is 0 Å². The van der Waals surface area contributed by atoms with Crippen molar-refractivity contribution in [1.29, 1.82) is 0 Å². The van der Waals surface area contributed by atoms with Gasteiger partial charge in [0.15, 0.2) is 0 Å². The van der Waals surface area contributed by atoms with Crippen LogP contribution in [0.5, 0.6) is 0 Å². The Bertz CT molecular complexity index is 428. The summed E-state index contributed by atoms with van der Waals surface area (Å²) in [6, 6.07) is 1.25. The third-order valence-corrected chi connectivity index (χ3v) is 2.45. The Morgan fingerprint density at radius 1 is 1.24 bits per heavy atom. The number of esters is 1. The molecule has 1 heterocycles. The van der Waals surface area contributed by atoms with Gasteiger partial charge in [0, 0.05) is 12.4 Å². The molecule has 1 aromatic heterocycles. The van der Waals surface area contributed by atoms with Crippen LogP contribution in [-0.4, -0.2) is 28.1 Å². The van der Waals surface area contributed by atoms with Gasteiger partial charge in [0.25, 0.3) is 0 Å². The minimum absolute atomic E-state index is 0.0309. The summed E-state index contributed by atoms with van der Waals surface area (Å²) in [4.78, 5) is 26.1. The van der Waals surface area contributed by atoms with E-state index >= 15 is 0 Å². The van der Waals surface area contributed by atoms with Crippen LogP contribution in [0.4, 0.5) is 0 Å². The van der Waals surface area contributed by atoms with E-state index in [1.54, 1.807) is 6.92 Å². The number of ether oxygens (including phenoxy) is 1. The van der Waals surface area contributed by atoms with Crippen molar-refractivity contribution in [2.24, 2.45) is 5.92 Å². The molecule has 0 saturated heterocycles. The van der Waals surface area contributed by atoms with E-state index < -0.39 is 11.9 Å². The minimum Gasteiger partial charge on any atom is -0.478 e. The van der Waals surface area contributed by atoms with Crippen molar-refractivity contribution in [3.63, 3.8) is 0 Å². The SMILES string of the molecule is CC(C)C(C)OC(=O)c1cncc(C(=O)O)c1. The Hall–Kier alpha value is -1.91. The molecule has 0 aliphatic carbocycles. The molecule has 5 heteroatoms. The van der Waals surface area contributed by atoms with E-state index in [1.807, 2.05) is 13.8 Å². The number of carboxylic acids is 1. The van der Waals surface area contributed by atoms with Crippen LogP contribution in [0.2, 0.25) is 0 Å². The number of hydrogen-bond donors (Lipinski definition) is 1. The smallest absolute Gasteiger partial charge is 0.340 e. The quantitative estimate of drug-likeness (QED) is 0.810. The summed E-state index contributed by atoms with van der Waals surface area (Å²) in [5.74, 6) is -1.47. The Labute approximate surface area is 99.4 Å². The first-order valence-corrected chi connectivity index (χ1v) is 5.31. The standard InChI is InChI=1S/C12H15NO4/c1-7(2)8(3)17-12(16)10-4-9(11(14)15)5-13-6-10/h4-8H,1-3H3,(H,14,15). The monoisotopic (exact) mass is 237 g/mol. The van der Waals surface area contributed by atoms with Crippen LogP contribution in [0, 0.1) is 5.92 Å². The summed E-state index contributed by atoms with van der Waals surface area (Å²) in [5, 5.41) is 8.77. The molecule has 0 aliphatic rings. The topological polar surface area (TPSA) is 76.5 Å². The van der Waals surface area contributed by atoms with E-state index in [9.17, 15) is 9.59 Å². The van der Waals surface area contributed by atoms with Crippen LogP contribution in [-0.2, 0) is 4.74 Å². The maximum atomic E-state index is 11.7. The average molecular weight is 237 g/mol. The van der Waals surface area contributed by atoms with Gasteiger partial charge in [0.2, 0.25) is 0 Å². The second-order valence-corrected chi connectivity index (χ2v) is 4.12. The third-order valence-electron chi connectivity index (χ3n) is 2.45. The minimum atomic E-state index is -1.12. The average Bonchev–Trinajstić information content (AvgIpc) is 2.28. The lowest BCUT2D eigenvalue weighted by atomic mass is 10.1. The van der Waals surface area contributed by atoms with E-state index in [1.165, 1.54) is 18.5 Å². The summed E-state index contributed by atoms with van der Waals surface area (Å²) in [6.07, 6.45) is 2.25. The van der Waals surface area contributed by atoms with Gasteiger partial charge in [0.05, 0.1) is 11.1 Å². The maximum absolute atomic E-state index is 11.7. The predicted molar refractivity (Wildman–Crippen MR) is 60.9 cm³/mol. The molecule has 0 radical (unpaired) electrons. The van der Waals surface area contributed by atoms with Crippen LogP contribution in [0.15, 0.2) is 18.5 Å². The first-order valence-electron chi connectivity index (χ1n) is 5.31. The Balaban J connectivity index is 2.82. The summed E-state index contributed by atoms with van der Waals surface area (Å²) in [7, 11) is 0. The van der Waals surface area contributed by atoms with E-state index in [2.05, 4.69) is 4.98 Å². The van der Waals surface area contributed by atoms with Gasteiger partial charge in [0.1, 0.15) is 6.10 Å². The van der Waals surface area contributed by atoms with Gasteiger partial charge in [-0.15, -0.1) is 0 Å². The number of carboxylic acid groups (broad SMARTS) is 1. The third kappa shape index (κ3) is 3.55. The van der Waals surface area contributed by atoms with Gasteiger partial charge >= 0.3 is 11.9 Å². The summed E-state index contributed by atoms with van der Waals surface area (Å²) >= 11 is 0. The van der Waals surface area contributed by atoms with Gasteiger partial charge in [-0.3, -0.25) is 4.98 Å². The normalized spacial score (nSPS) is 12.2. The number of rotatable bonds is 4. The van der Waals surface area contributed by atoms with Crippen molar-refractivity contribution >= 4 is 11.9 Å². The molecule has 0 spiro atoms. The van der Waals surface area contributed by atoms with Crippen LogP contribution in [0.3, 0.4) is 0 Å². The molecule has 0 fully saturated rings. The van der Waals surface area contributed by atoms with E-state index in [-0.39, 0.29) is 23.1 Å². The van der Waals surface area contributed by atoms with E-state index in [0.717, 1.165) is 0 Å². The van der Waals surface area contributed by atoms with Crippen molar-refractivity contribution < 1.29 is 19.4 Å². The Kier molecular flexibility index (Phi) is 4.20. The molecule has 0 aliphatic heterocycles. The first-order chi connectivity index (χ1) is 7.91. The molecule has 1 atom stereocenters. The zero-order chi connectivity index (χ0) is 13.0. The number of hydrogen-bond acceptors (Lipinski definition) is 4. The number of nitrogens with zero attached hydrogens (tertiary/aromatic N) is 1. The van der Waals surface area contributed by atoms with Crippen molar-refractivity contribution in [3.05, 3.63) is 29.6 Å². The van der Waals surface area contributed by atoms with Crippen LogP contribution in [0.1, 0.15) is 41.5 Å². The molecule has 1 aromatic rings. The van der Waals surface area contributed by atoms with Crippen molar-refractivity contribution in [1.82, 2.24) is 4.98 Å². The molecule has 0 saturated carbocycles. The number of aromatic nitrogens is 1. The number of aromatic carboxylic acids is 1. The largest absolute Gasteiger partial charge is 0.478 e. The molecule has 5 nitrogen and oxygen atoms in total. The molecule has 0 aromatic carbocycles. The molecule has 1 rings (SSSR count). The van der Waals surface area contributed by atoms with Crippen molar-refractivity contribution in [3.8, 4) is 0 Å². The lowest BCUT2D eigenvalue weighted by molar-refractivity contribution is 0.0237. The Morgan fingerprint density at radius 3 is 2.35 bits per heavy atom. The molecular formula is C12H15NO4. The van der Waals surface area contributed by atoms with Crippen LogP contribution >= 0.6 is 0 Å². The molecular weight excluding hydrogens is 222 g/mol. The first kappa shape index (κ1) is 13.2. The highest BCUT2D eigenvalue weighted by molar-refractivity contribution is 5.93. The zero-order valence-corrected chi connectivity index (χ0v) is 10.0. The lowest BCUT2D eigenvalue weighted by Crippen LogP contribution is -2.20. The summed E-state index contributed by atoms with van der Waals surface area (Å²) < 4.78 is 5.16. The van der Waals surface area contributed by atoms with E-state index in [0.29, 0.717) is 0 Å². The van der Waals surface area contributed by atoms with Crippen molar-refractivity contribution in [2.45, 2.75) is 26.9 Å². The fraction of sp³-hybridized carbons (Fsp3) is 0.417. The van der Waals surface area contributed by atoms with Gasteiger partial charge in [-0.2, -0.15) is 0 Å². The van der Waals surface area contributed by atoms with E-state index in [4.69, 9.17) is 9.84 Å². The number of carbonyl (C=O) groups is 2. The maximum Gasteiger partial charge on any atom is 0.340 e. The molecule has 17 heavy (non-hydrogen) atoms. The van der Waals surface area contributed by atoms with Crippen LogP contribution in [0.25, 0.3) is 0 Å². The Morgan fingerprint density at radius 2 is 1.82 bits per heavy atom. The van der Waals surface area contributed by atoms with Gasteiger partial charge in [-0.25, -0.2) is 9.59 Å². The molecule has 0 amide bonds. The molecule has 1 N–H and O–H groups in total. The second kappa shape index (κ2) is 5.43. The number of carbonyl (C=O) groups excluding carboxylic acids is 1. The zero-order valence-electron chi connectivity index (χ0n) is 10.0. The summed E-state index contributed by atoms with van der Waals surface area (Å²) in [6.45, 7) is 5.66. The lowest BCUT2D eigenvalue weighted by Gasteiger charge is -2.16. The number of pyridine rings is 1. The fourth-order valence-corrected chi connectivity index (χ4v) is 1.04. The second-order valence-electron chi connectivity index (χ2n) is 4.12. The molecule has 92 valence electrons. The highest BCUT2D eigenvalue weighted by Gasteiger charge is 2.16. The highest BCUT2D eigenvalue weighted by Crippen LogP contribution is 2.10. The van der Waals surface area contributed by atoms with Gasteiger partial charge in [-0.05, 0) is 18.9 Å². The fourth-order valence-electron chi connectivity index (χ4n) is 1.04. The predicted octanol–water partition coefficient (Wildman–Crippen LogP) is 1.98. The van der Waals surface area contributed by atoms with Crippen LogP contribution < -0.4 is 0 Å². The highest BCUT2D eigenvalue weighted by atomic mass is 16.5. The molecule has 0 bridgehead atoms. The summed E-state index contributed by atoms with van der Waals surface area (Å²) in [5.41, 5.74) is 0.119. The van der Waals surface area contributed by atoms with Gasteiger partial charge < -0.3 is 9.84 Å².